The molecule has 7 nitrogen and oxygen atoms in total. The Balaban J connectivity index is 1.74. The van der Waals surface area contributed by atoms with E-state index >= 15 is 0 Å². The van der Waals surface area contributed by atoms with Crippen molar-refractivity contribution in [3.63, 3.8) is 0 Å². The van der Waals surface area contributed by atoms with Crippen molar-refractivity contribution in [2.75, 3.05) is 18.5 Å². The Labute approximate surface area is 149 Å². The van der Waals surface area contributed by atoms with Crippen molar-refractivity contribution in [2.24, 2.45) is 0 Å². The van der Waals surface area contributed by atoms with Crippen LogP contribution in [0.5, 0.6) is 0 Å². The number of thiophene rings is 1. The van der Waals surface area contributed by atoms with Crippen LogP contribution in [0, 0.1) is 0 Å². The number of anilines is 1. The zero-order valence-corrected chi connectivity index (χ0v) is 14.9. The van der Waals surface area contributed by atoms with E-state index in [9.17, 15) is 19.2 Å². The van der Waals surface area contributed by atoms with Gasteiger partial charge in [-0.2, -0.15) is 0 Å². The maximum Gasteiger partial charge on any atom is 0.341 e. The molecule has 1 fully saturated rings. The highest BCUT2D eigenvalue weighted by molar-refractivity contribution is 7.17. The van der Waals surface area contributed by atoms with E-state index in [1.807, 2.05) is 0 Å². The van der Waals surface area contributed by atoms with E-state index < -0.39 is 18.5 Å². The van der Waals surface area contributed by atoms with Gasteiger partial charge in [0.2, 0.25) is 11.8 Å². The number of imide groups is 1. The molecule has 0 unspecified atom stereocenters. The van der Waals surface area contributed by atoms with Crippen molar-refractivity contribution in [1.82, 2.24) is 4.90 Å². The summed E-state index contributed by atoms with van der Waals surface area (Å²) in [5, 5.41) is 3.17. The Morgan fingerprint density at radius 2 is 1.92 bits per heavy atom. The van der Waals surface area contributed by atoms with Crippen molar-refractivity contribution in [3.8, 4) is 0 Å². The SMILES string of the molecule is CC(=O)Nc1sc2c(c1C(=O)OCC(=O)N1CCCC1=O)CCCC2. The average Bonchev–Trinajstić information content (AvgIpc) is 3.14. The van der Waals surface area contributed by atoms with Crippen LogP contribution < -0.4 is 5.32 Å². The highest BCUT2D eigenvalue weighted by Crippen LogP contribution is 2.38. The van der Waals surface area contributed by atoms with Crippen LogP contribution in [0.2, 0.25) is 0 Å². The highest BCUT2D eigenvalue weighted by Gasteiger charge is 2.30. The van der Waals surface area contributed by atoms with Gasteiger partial charge in [0.1, 0.15) is 5.00 Å². The third-order valence-corrected chi connectivity index (χ3v) is 5.57. The molecule has 3 rings (SSSR count). The highest BCUT2D eigenvalue weighted by atomic mass is 32.1. The minimum Gasteiger partial charge on any atom is -0.452 e. The first-order valence-corrected chi connectivity index (χ1v) is 9.21. The monoisotopic (exact) mass is 364 g/mol. The number of nitrogens with zero attached hydrogens (tertiary/aromatic N) is 1. The smallest absolute Gasteiger partial charge is 0.341 e. The molecule has 1 N–H and O–H groups in total. The quantitative estimate of drug-likeness (QED) is 0.824. The number of esters is 1. The summed E-state index contributed by atoms with van der Waals surface area (Å²) in [6.07, 6.45) is 4.66. The molecule has 0 bridgehead atoms. The summed E-state index contributed by atoms with van der Waals surface area (Å²) < 4.78 is 5.17. The Bertz CT molecular complexity index is 740. The first-order valence-electron chi connectivity index (χ1n) is 8.40. The van der Waals surface area contributed by atoms with Gasteiger partial charge in [0.15, 0.2) is 6.61 Å². The molecule has 2 heterocycles. The van der Waals surface area contributed by atoms with Gasteiger partial charge in [-0.15, -0.1) is 11.3 Å². The lowest BCUT2D eigenvalue weighted by Gasteiger charge is -2.15. The normalized spacial score (nSPS) is 16.5. The number of nitrogens with one attached hydrogen (secondary N) is 1. The zero-order valence-electron chi connectivity index (χ0n) is 14.1. The molecule has 2 aliphatic rings. The fourth-order valence-corrected chi connectivity index (χ4v) is 4.54. The van der Waals surface area contributed by atoms with Gasteiger partial charge in [-0.1, -0.05) is 0 Å². The lowest BCUT2D eigenvalue weighted by atomic mass is 9.95. The molecule has 0 saturated carbocycles. The van der Waals surface area contributed by atoms with Gasteiger partial charge >= 0.3 is 5.97 Å². The summed E-state index contributed by atoms with van der Waals surface area (Å²) in [6.45, 7) is 1.30. The number of rotatable bonds is 4. The third kappa shape index (κ3) is 3.73. The molecule has 1 aliphatic heterocycles. The minimum absolute atomic E-state index is 0.229. The summed E-state index contributed by atoms with van der Waals surface area (Å²) in [4.78, 5) is 49.8. The lowest BCUT2D eigenvalue weighted by molar-refractivity contribution is -0.143. The molecule has 0 atom stereocenters. The predicted molar refractivity (Wildman–Crippen MR) is 91.5 cm³/mol. The van der Waals surface area contributed by atoms with Gasteiger partial charge < -0.3 is 10.1 Å². The summed E-state index contributed by atoms with van der Waals surface area (Å²) in [7, 11) is 0. The molecule has 0 radical (unpaired) electrons. The van der Waals surface area contributed by atoms with Gasteiger partial charge in [-0.3, -0.25) is 19.3 Å². The first kappa shape index (κ1) is 17.6. The number of carbonyl (C=O) groups excluding carboxylic acids is 4. The summed E-state index contributed by atoms with van der Waals surface area (Å²) >= 11 is 1.40. The van der Waals surface area contributed by atoms with Crippen molar-refractivity contribution in [3.05, 3.63) is 16.0 Å². The van der Waals surface area contributed by atoms with Crippen LogP contribution in [0.25, 0.3) is 0 Å². The maximum atomic E-state index is 12.6. The van der Waals surface area contributed by atoms with E-state index in [4.69, 9.17) is 4.74 Å². The van der Waals surface area contributed by atoms with E-state index in [1.165, 1.54) is 18.3 Å². The molecule has 3 amide bonds. The molecule has 1 saturated heterocycles. The van der Waals surface area contributed by atoms with Crippen molar-refractivity contribution in [2.45, 2.75) is 45.4 Å². The molecule has 1 aliphatic carbocycles. The number of hydrogen-bond donors (Lipinski definition) is 1. The number of amides is 3. The van der Waals surface area contributed by atoms with Crippen LogP contribution in [0.15, 0.2) is 0 Å². The second kappa shape index (κ2) is 7.35. The topological polar surface area (TPSA) is 92.8 Å². The van der Waals surface area contributed by atoms with E-state index in [2.05, 4.69) is 5.32 Å². The summed E-state index contributed by atoms with van der Waals surface area (Å²) in [6, 6.07) is 0. The molecule has 1 aromatic rings. The van der Waals surface area contributed by atoms with Crippen LogP contribution in [-0.2, 0) is 32.0 Å². The fourth-order valence-electron chi connectivity index (χ4n) is 3.22. The maximum absolute atomic E-state index is 12.6. The average molecular weight is 364 g/mol. The van der Waals surface area contributed by atoms with Gasteiger partial charge in [0.25, 0.3) is 5.91 Å². The third-order valence-electron chi connectivity index (χ3n) is 4.37. The first-order chi connectivity index (χ1) is 12.0. The fraction of sp³-hybridized carbons (Fsp3) is 0.529. The van der Waals surface area contributed by atoms with Gasteiger partial charge in [-0.25, -0.2) is 4.79 Å². The van der Waals surface area contributed by atoms with E-state index in [0.29, 0.717) is 30.0 Å². The number of aryl methyl sites for hydroxylation is 1. The van der Waals surface area contributed by atoms with Crippen LogP contribution in [-0.4, -0.2) is 41.7 Å². The summed E-state index contributed by atoms with van der Waals surface area (Å²) in [5.74, 6) is -1.61. The largest absolute Gasteiger partial charge is 0.452 e. The zero-order chi connectivity index (χ0) is 18.0. The lowest BCUT2D eigenvalue weighted by Crippen LogP contribution is -2.35. The number of carbonyl (C=O) groups is 4. The molecule has 8 heteroatoms. The van der Waals surface area contributed by atoms with Crippen LogP contribution in [0.3, 0.4) is 0 Å². The predicted octanol–water partition coefficient (Wildman–Crippen LogP) is 1.89. The number of ether oxygens (including phenoxy) is 1. The second-order valence-electron chi connectivity index (χ2n) is 6.22. The molecule has 25 heavy (non-hydrogen) atoms. The van der Waals surface area contributed by atoms with Crippen LogP contribution >= 0.6 is 11.3 Å². The van der Waals surface area contributed by atoms with Crippen LogP contribution in [0.1, 0.15) is 53.4 Å². The molecule has 134 valence electrons. The Kier molecular flexibility index (Phi) is 5.17. The number of likely N-dealkylation sites (tertiary alicyclic amines) is 1. The number of fused-ring (bicyclic) bond motifs is 1. The van der Waals surface area contributed by atoms with Gasteiger partial charge in [0, 0.05) is 24.8 Å². The molecular weight excluding hydrogens is 344 g/mol. The molecule has 0 spiro atoms. The minimum atomic E-state index is -0.622. The second-order valence-corrected chi connectivity index (χ2v) is 7.32. The Morgan fingerprint density at radius 3 is 2.60 bits per heavy atom. The Morgan fingerprint density at radius 1 is 1.16 bits per heavy atom. The van der Waals surface area contributed by atoms with Gasteiger partial charge in [0.05, 0.1) is 5.56 Å². The van der Waals surface area contributed by atoms with E-state index in [-0.39, 0.29) is 11.8 Å². The van der Waals surface area contributed by atoms with Crippen LogP contribution in [0.4, 0.5) is 5.00 Å². The van der Waals surface area contributed by atoms with E-state index in [0.717, 1.165) is 41.0 Å². The van der Waals surface area contributed by atoms with Crippen molar-refractivity contribution in [1.29, 1.82) is 0 Å². The molecular formula is C17H20N2O5S. The van der Waals surface area contributed by atoms with Crippen molar-refractivity contribution >= 4 is 40.0 Å². The summed E-state index contributed by atoms with van der Waals surface area (Å²) in [5.41, 5.74) is 1.27. The Hall–Kier alpha value is -2.22. The molecule has 0 aromatic carbocycles. The van der Waals surface area contributed by atoms with E-state index in [1.54, 1.807) is 0 Å². The number of hydrogen-bond acceptors (Lipinski definition) is 6. The molecule has 1 aromatic heterocycles. The standard InChI is InChI=1S/C17H20N2O5S/c1-10(20)18-16-15(11-5-2-3-6-12(11)25-16)17(23)24-9-14(22)19-8-4-7-13(19)21/h2-9H2,1H3,(H,18,20). The van der Waals surface area contributed by atoms with Crippen molar-refractivity contribution < 1.29 is 23.9 Å². The van der Waals surface area contributed by atoms with Gasteiger partial charge in [-0.05, 0) is 37.7 Å².